The number of hydrogen-bond acceptors (Lipinski definition) is 6. The molecule has 1 atom stereocenters. The smallest absolute Gasteiger partial charge is 0.275 e. The van der Waals surface area contributed by atoms with Crippen molar-refractivity contribution in [2.24, 2.45) is 0 Å². The summed E-state index contributed by atoms with van der Waals surface area (Å²) in [5, 5.41) is 5.28. The van der Waals surface area contributed by atoms with E-state index in [1.54, 1.807) is 17.7 Å². The Morgan fingerprint density at radius 3 is 3.07 bits per heavy atom. The van der Waals surface area contributed by atoms with Crippen molar-refractivity contribution in [3.05, 3.63) is 53.5 Å². The van der Waals surface area contributed by atoms with Crippen LogP contribution in [-0.2, 0) is 4.74 Å². The molecule has 1 fully saturated rings. The number of aromatic nitrogens is 3. The quantitative estimate of drug-likeness (QED) is 0.548. The van der Waals surface area contributed by atoms with Crippen molar-refractivity contribution in [1.82, 2.24) is 15.0 Å². The number of imidazole rings is 1. The molecule has 0 spiro atoms. The van der Waals surface area contributed by atoms with Crippen LogP contribution in [0.25, 0.3) is 21.8 Å². The van der Waals surface area contributed by atoms with Gasteiger partial charge in [0.15, 0.2) is 10.8 Å². The van der Waals surface area contributed by atoms with E-state index in [-0.39, 0.29) is 12.0 Å². The molecule has 7 nitrogen and oxygen atoms in total. The van der Waals surface area contributed by atoms with E-state index in [1.165, 1.54) is 11.3 Å². The zero-order valence-electron chi connectivity index (χ0n) is 14.3. The molecule has 1 aliphatic rings. The van der Waals surface area contributed by atoms with Crippen molar-refractivity contribution in [2.75, 3.05) is 11.9 Å². The van der Waals surface area contributed by atoms with E-state index in [0.29, 0.717) is 22.1 Å². The summed E-state index contributed by atoms with van der Waals surface area (Å²) in [6, 6.07) is 9.20. The zero-order chi connectivity index (χ0) is 18.2. The molecular weight excluding hydrogens is 364 g/mol. The van der Waals surface area contributed by atoms with Gasteiger partial charge in [0.05, 0.1) is 17.3 Å². The highest BCUT2D eigenvalue weighted by Crippen LogP contribution is 2.29. The molecule has 4 heterocycles. The first-order chi connectivity index (χ1) is 13.3. The molecule has 4 aromatic rings. The minimum absolute atomic E-state index is 0.0328. The molecule has 0 bridgehead atoms. The first-order valence-corrected chi connectivity index (χ1v) is 9.56. The average Bonchev–Trinajstić information content (AvgIpc) is 3.48. The molecule has 0 radical (unpaired) electrons. The molecule has 1 amide bonds. The number of amides is 1. The minimum Gasteiger partial charge on any atom is -0.462 e. The summed E-state index contributed by atoms with van der Waals surface area (Å²) in [5.41, 5.74) is 2.76. The number of hydrogen-bond donors (Lipinski definition) is 2. The topological polar surface area (TPSA) is 93.0 Å². The van der Waals surface area contributed by atoms with E-state index >= 15 is 0 Å². The van der Waals surface area contributed by atoms with Crippen molar-refractivity contribution >= 4 is 34.0 Å². The fourth-order valence-corrected chi connectivity index (χ4v) is 3.91. The van der Waals surface area contributed by atoms with Crippen molar-refractivity contribution in [2.45, 2.75) is 18.9 Å². The van der Waals surface area contributed by atoms with Gasteiger partial charge in [-0.1, -0.05) is 0 Å². The fourth-order valence-electron chi connectivity index (χ4n) is 3.14. The second-order valence-electron chi connectivity index (χ2n) is 6.32. The SMILES string of the molecule is O=C(Nc1ccc2nc(C3CCCO3)[nH]c2c1)c1csc(-c2ccco2)n1. The number of anilines is 1. The van der Waals surface area contributed by atoms with E-state index in [1.807, 2.05) is 24.3 Å². The highest BCUT2D eigenvalue weighted by atomic mass is 32.1. The van der Waals surface area contributed by atoms with Crippen molar-refractivity contribution in [1.29, 1.82) is 0 Å². The lowest BCUT2D eigenvalue weighted by atomic mass is 10.2. The van der Waals surface area contributed by atoms with E-state index < -0.39 is 0 Å². The number of rotatable bonds is 4. The Morgan fingerprint density at radius 1 is 1.30 bits per heavy atom. The van der Waals surface area contributed by atoms with Gasteiger partial charge >= 0.3 is 0 Å². The Labute approximate surface area is 158 Å². The second-order valence-corrected chi connectivity index (χ2v) is 7.18. The number of thiazole rings is 1. The number of nitrogens with zero attached hydrogens (tertiary/aromatic N) is 2. The number of furan rings is 1. The van der Waals surface area contributed by atoms with Gasteiger partial charge in [-0.3, -0.25) is 4.79 Å². The Morgan fingerprint density at radius 2 is 2.26 bits per heavy atom. The van der Waals surface area contributed by atoms with Crippen LogP contribution in [0, 0.1) is 0 Å². The normalized spacial score (nSPS) is 16.8. The summed E-state index contributed by atoms with van der Waals surface area (Å²) in [6.45, 7) is 0.774. The number of aromatic amines is 1. The van der Waals surface area contributed by atoms with Crippen LogP contribution in [0.4, 0.5) is 5.69 Å². The third kappa shape index (κ3) is 3.13. The van der Waals surface area contributed by atoms with Gasteiger partial charge < -0.3 is 19.5 Å². The lowest BCUT2D eigenvalue weighted by Crippen LogP contribution is -2.12. The van der Waals surface area contributed by atoms with Gasteiger partial charge in [-0.05, 0) is 43.2 Å². The van der Waals surface area contributed by atoms with Gasteiger partial charge in [0, 0.05) is 17.7 Å². The van der Waals surface area contributed by atoms with Crippen molar-refractivity contribution < 1.29 is 13.9 Å². The molecule has 27 heavy (non-hydrogen) atoms. The molecule has 8 heteroatoms. The molecule has 1 saturated heterocycles. The maximum absolute atomic E-state index is 12.5. The predicted octanol–water partition coefficient (Wildman–Crippen LogP) is 4.38. The summed E-state index contributed by atoms with van der Waals surface area (Å²) in [6.07, 6.45) is 3.65. The van der Waals surface area contributed by atoms with Gasteiger partial charge in [0.1, 0.15) is 17.6 Å². The Balaban J connectivity index is 1.35. The highest BCUT2D eigenvalue weighted by molar-refractivity contribution is 7.13. The summed E-state index contributed by atoms with van der Waals surface area (Å²) < 4.78 is 11.0. The van der Waals surface area contributed by atoms with Crippen molar-refractivity contribution in [3.63, 3.8) is 0 Å². The van der Waals surface area contributed by atoms with E-state index in [2.05, 4.69) is 20.3 Å². The lowest BCUT2D eigenvalue weighted by molar-refractivity contribution is 0.102. The molecule has 1 aromatic carbocycles. The van der Waals surface area contributed by atoms with E-state index in [4.69, 9.17) is 9.15 Å². The number of H-pyrrole nitrogens is 1. The van der Waals surface area contributed by atoms with Crippen LogP contribution in [0.3, 0.4) is 0 Å². The average molecular weight is 380 g/mol. The molecule has 2 N–H and O–H groups in total. The zero-order valence-corrected chi connectivity index (χ0v) is 15.1. The Bertz CT molecular complexity index is 1090. The molecule has 3 aromatic heterocycles. The van der Waals surface area contributed by atoms with Crippen LogP contribution in [0.1, 0.15) is 35.3 Å². The summed E-state index contributed by atoms with van der Waals surface area (Å²) in [4.78, 5) is 24.7. The number of carbonyl (C=O) groups excluding carboxylic acids is 1. The largest absolute Gasteiger partial charge is 0.462 e. The van der Waals surface area contributed by atoms with Crippen LogP contribution >= 0.6 is 11.3 Å². The number of nitrogens with one attached hydrogen (secondary N) is 2. The number of fused-ring (bicyclic) bond motifs is 1. The van der Waals surface area contributed by atoms with Crippen LogP contribution in [-0.4, -0.2) is 27.5 Å². The van der Waals surface area contributed by atoms with Crippen LogP contribution in [0.5, 0.6) is 0 Å². The van der Waals surface area contributed by atoms with Gasteiger partial charge in [-0.15, -0.1) is 11.3 Å². The second kappa shape index (κ2) is 6.64. The minimum atomic E-state index is -0.262. The van der Waals surface area contributed by atoms with E-state index in [9.17, 15) is 4.79 Å². The Hall–Kier alpha value is -2.97. The standard InChI is InChI=1S/C19H16N4O3S/c24-18(14-10-27-19(23-14)16-4-2-8-26-16)20-11-5-6-12-13(9-11)22-17(21-12)15-3-1-7-25-15/h2,4-6,8-10,15H,1,3,7H2,(H,20,24)(H,21,22). The third-order valence-corrected chi connectivity index (χ3v) is 5.32. The predicted molar refractivity (Wildman–Crippen MR) is 102 cm³/mol. The van der Waals surface area contributed by atoms with Crippen molar-refractivity contribution in [3.8, 4) is 10.8 Å². The third-order valence-electron chi connectivity index (χ3n) is 4.46. The molecule has 136 valence electrons. The number of ether oxygens (including phenoxy) is 1. The highest BCUT2D eigenvalue weighted by Gasteiger charge is 2.21. The van der Waals surface area contributed by atoms with Crippen LogP contribution < -0.4 is 5.32 Å². The molecule has 0 aliphatic carbocycles. The summed E-state index contributed by atoms with van der Waals surface area (Å²) >= 11 is 1.37. The van der Waals surface area contributed by atoms with Gasteiger partial charge in [0.2, 0.25) is 0 Å². The summed E-state index contributed by atoms with van der Waals surface area (Å²) in [5.74, 6) is 1.23. The van der Waals surface area contributed by atoms with Gasteiger partial charge in [0.25, 0.3) is 5.91 Å². The lowest BCUT2D eigenvalue weighted by Gasteiger charge is -2.03. The number of carbonyl (C=O) groups is 1. The van der Waals surface area contributed by atoms with Gasteiger partial charge in [-0.25, -0.2) is 9.97 Å². The van der Waals surface area contributed by atoms with E-state index in [0.717, 1.165) is 36.3 Å². The van der Waals surface area contributed by atoms with Crippen LogP contribution in [0.2, 0.25) is 0 Å². The van der Waals surface area contributed by atoms with Crippen LogP contribution in [0.15, 0.2) is 46.4 Å². The van der Waals surface area contributed by atoms with Gasteiger partial charge in [-0.2, -0.15) is 0 Å². The first kappa shape index (κ1) is 16.2. The molecule has 5 rings (SSSR count). The Kier molecular flexibility index (Phi) is 3.99. The molecule has 1 aliphatic heterocycles. The maximum Gasteiger partial charge on any atom is 0.275 e. The first-order valence-electron chi connectivity index (χ1n) is 8.68. The molecule has 0 saturated carbocycles. The molecular formula is C19H16N4O3S. The molecule has 1 unspecified atom stereocenters. The maximum atomic E-state index is 12.5. The summed E-state index contributed by atoms with van der Waals surface area (Å²) in [7, 11) is 0. The fraction of sp³-hybridized carbons (Fsp3) is 0.211. The monoisotopic (exact) mass is 380 g/mol. The number of benzene rings is 1.